The largest absolute Gasteiger partial charge is 0.504 e. The Bertz CT molecular complexity index is 1640. The Kier molecular flexibility index (Phi) is 15.4. The Labute approximate surface area is 326 Å². The van der Waals surface area contributed by atoms with Crippen molar-refractivity contribution in [3.63, 3.8) is 0 Å². The standard InChI is InChI=1S/C37H50O20/c1-16-26(42)28(44)30(46)35(53-16)52-15-24-33(56-25(41)9-6-17-4-7-19(39)22(13-17)50-3)34(57-37-31(47)29(45)27(43)23(14-38)54-37)32(48)36(55-24)51-11-10-18-5-8-21(49-2)20(40)12-18/h4-9,12-13,16,23-24,26-40,42-48H,10-11,14-15H2,1-3H3/b9-6+/t16-,23+,24+,26-,27+,28+,29-,30+,31+,32+,33+,34+,35+,36+,37-/m0/s1. The third kappa shape index (κ3) is 10.5. The lowest BCUT2D eigenvalue weighted by Crippen LogP contribution is -2.66. The molecule has 3 heterocycles. The normalized spacial score (nSPS) is 35.9. The molecule has 57 heavy (non-hydrogen) atoms. The van der Waals surface area contributed by atoms with Crippen LogP contribution in [0.2, 0.25) is 0 Å². The van der Waals surface area contributed by atoms with Crippen LogP contribution in [0.15, 0.2) is 42.5 Å². The number of carbonyl (C=O) groups excluding carboxylic acids is 1. The molecule has 0 radical (unpaired) electrons. The third-order valence-electron chi connectivity index (χ3n) is 9.77. The Hall–Kier alpha value is -3.71. The van der Waals surface area contributed by atoms with Gasteiger partial charge in [0, 0.05) is 6.08 Å². The highest BCUT2D eigenvalue weighted by Crippen LogP contribution is 2.33. The molecule has 0 saturated carbocycles. The molecule has 2 aromatic rings. The van der Waals surface area contributed by atoms with Gasteiger partial charge >= 0.3 is 5.97 Å². The highest BCUT2D eigenvalue weighted by Gasteiger charge is 2.53. The second-order valence-corrected chi connectivity index (χ2v) is 13.6. The van der Waals surface area contributed by atoms with E-state index in [4.69, 9.17) is 42.6 Å². The third-order valence-corrected chi connectivity index (χ3v) is 9.77. The molecule has 0 aromatic heterocycles. The van der Waals surface area contributed by atoms with E-state index in [-0.39, 0.29) is 36.0 Å². The number of ether oxygens (including phenoxy) is 9. The first kappa shape index (κ1) is 44.4. The fraction of sp³-hybridized carbons (Fsp3) is 0.595. The Morgan fingerprint density at radius 3 is 2.05 bits per heavy atom. The minimum absolute atomic E-state index is 0.119. The number of phenols is 2. The second kappa shape index (κ2) is 19.8. The van der Waals surface area contributed by atoms with E-state index in [9.17, 15) is 55.9 Å². The summed E-state index contributed by atoms with van der Waals surface area (Å²) in [4.78, 5) is 13.4. The van der Waals surface area contributed by atoms with E-state index in [1.165, 1.54) is 51.5 Å². The summed E-state index contributed by atoms with van der Waals surface area (Å²) < 4.78 is 50.8. The number of hydrogen-bond acceptors (Lipinski definition) is 20. The average molecular weight is 815 g/mol. The molecule has 20 heteroatoms. The average Bonchev–Trinajstić information content (AvgIpc) is 3.20. The van der Waals surface area contributed by atoms with Gasteiger partial charge in [0.1, 0.15) is 61.0 Å². The summed E-state index contributed by atoms with van der Waals surface area (Å²) >= 11 is 0. The minimum Gasteiger partial charge on any atom is -0.504 e. The lowest BCUT2D eigenvalue weighted by molar-refractivity contribution is -0.365. The number of aliphatic hydroxyl groups is 8. The van der Waals surface area contributed by atoms with E-state index in [1.54, 1.807) is 12.1 Å². The van der Waals surface area contributed by atoms with Crippen LogP contribution in [0.4, 0.5) is 0 Å². The molecule has 3 aliphatic heterocycles. The van der Waals surface area contributed by atoms with E-state index >= 15 is 0 Å². The van der Waals surface area contributed by atoms with Gasteiger partial charge in [0.25, 0.3) is 0 Å². The van der Waals surface area contributed by atoms with Crippen LogP contribution in [0.3, 0.4) is 0 Å². The second-order valence-electron chi connectivity index (χ2n) is 13.6. The summed E-state index contributed by atoms with van der Waals surface area (Å²) in [7, 11) is 2.73. The molecule has 15 atom stereocenters. The number of phenolic OH excluding ortho intramolecular Hbond substituents is 2. The maximum Gasteiger partial charge on any atom is 0.331 e. The number of rotatable bonds is 15. The molecule has 10 N–H and O–H groups in total. The molecular weight excluding hydrogens is 764 g/mol. The van der Waals surface area contributed by atoms with E-state index in [1.807, 2.05) is 0 Å². The molecule has 5 rings (SSSR count). The summed E-state index contributed by atoms with van der Waals surface area (Å²) in [5, 5.41) is 104. The van der Waals surface area contributed by atoms with Crippen LogP contribution in [0.25, 0.3) is 6.08 Å². The summed E-state index contributed by atoms with van der Waals surface area (Å²) in [6.45, 7) is -0.121. The molecule has 3 saturated heterocycles. The van der Waals surface area contributed by atoms with Gasteiger partial charge in [-0.25, -0.2) is 4.79 Å². The topological polar surface area (TPSA) is 302 Å². The van der Waals surface area contributed by atoms with Crippen LogP contribution >= 0.6 is 0 Å². The van der Waals surface area contributed by atoms with Gasteiger partial charge in [0.15, 0.2) is 48.0 Å². The van der Waals surface area contributed by atoms with Crippen molar-refractivity contribution in [3.05, 3.63) is 53.6 Å². The monoisotopic (exact) mass is 814 g/mol. The van der Waals surface area contributed by atoms with Crippen molar-refractivity contribution in [1.82, 2.24) is 0 Å². The van der Waals surface area contributed by atoms with E-state index < -0.39 is 111 Å². The predicted octanol–water partition coefficient (Wildman–Crippen LogP) is -2.59. The van der Waals surface area contributed by atoms with Crippen molar-refractivity contribution in [2.24, 2.45) is 0 Å². The molecule has 20 nitrogen and oxygen atoms in total. The zero-order chi connectivity index (χ0) is 41.6. The molecule has 318 valence electrons. The first-order chi connectivity index (χ1) is 27.2. The molecule has 3 aliphatic rings. The summed E-state index contributed by atoms with van der Waals surface area (Å²) in [5.41, 5.74) is 1.02. The number of aliphatic hydroxyl groups excluding tert-OH is 8. The van der Waals surface area contributed by atoms with E-state index in [0.717, 1.165) is 6.08 Å². The van der Waals surface area contributed by atoms with Gasteiger partial charge in [0.05, 0.1) is 40.1 Å². The van der Waals surface area contributed by atoms with Gasteiger partial charge in [-0.3, -0.25) is 0 Å². The number of carbonyl (C=O) groups is 1. The van der Waals surface area contributed by atoms with Crippen molar-refractivity contribution in [2.45, 2.75) is 105 Å². The number of benzene rings is 2. The van der Waals surface area contributed by atoms with Gasteiger partial charge < -0.3 is 93.7 Å². The van der Waals surface area contributed by atoms with Crippen molar-refractivity contribution >= 4 is 12.0 Å². The SMILES string of the molecule is COc1ccc(CCO[C@@H]2O[C@H](CO[C@@H]3O[C@@H](C)[C@H](O)[C@@H](O)[C@H]3O)[C@@H](OC(=O)/C=C/c3ccc(O)c(OC)c3)[C@H](O[C@@H]3O[C@H](CO)[C@@H](O)[C@H](O)[C@H]3O)[C@H]2O)cc1O. The first-order valence-electron chi connectivity index (χ1n) is 18.0. The van der Waals surface area contributed by atoms with Gasteiger partial charge in [-0.05, 0) is 54.8 Å². The number of methoxy groups -OCH3 is 2. The number of hydrogen-bond donors (Lipinski definition) is 10. The molecule has 0 spiro atoms. The van der Waals surface area contributed by atoms with Crippen LogP contribution < -0.4 is 9.47 Å². The molecule has 0 aliphatic carbocycles. The minimum atomic E-state index is -1.95. The molecule has 0 bridgehead atoms. The first-order valence-corrected chi connectivity index (χ1v) is 18.0. The Balaban J connectivity index is 1.44. The van der Waals surface area contributed by atoms with Gasteiger partial charge in [-0.2, -0.15) is 0 Å². The van der Waals surface area contributed by atoms with Gasteiger partial charge in [-0.1, -0.05) is 12.1 Å². The van der Waals surface area contributed by atoms with E-state index in [2.05, 4.69) is 0 Å². The zero-order valence-corrected chi connectivity index (χ0v) is 31.2. The molecule has 3 fully saturated rings. The Morgan fingerprint density at radius 2 is 1.37 bits per heavy atom. The fourth-order valence-electron chi connectivity index (χ4n) is 6.46. The van der Waals surface area contributed by atoms with Crippen LogP contribution in [-0.4, -0.2) is 183 Å². The van der Waals surface area contributed by atoms with Crippen LogP contribution in [0.5, 0.6) is 23.0 Å². The fourth-order valence-corrected chi connectivity index (χ4v) is 6.46. The number of aromatic hydroxyl groups is 2. The maximum atomic E-state index is 13.4. The van der Waals surface area contributed by atoms with Gasteiger partial charge in [0.2, 0.25) is 0 Å². The maximum absolute atomic E-state index is 13.4. The zero-order valence-electron chi connectivity index (χ0n) is 31.2. The summed E-state index contributed by atoms with van der Waals surface area (Å²) in [6.07, 6.45) is -22.1. The lowest BCUT2D eigenvalue weighted by Gasteiger charge is -2.47. The van der Waals surface area contributed by atoms with Crippen molar-refractivity contribution < 1.29 is 98.5 Å². The van der Waals surface area contributed by atoms with Gasteiger partial charge in [-0.15, -0.1) is 0 Å². The summed E-state index contributed by atoms with van der Waals surface area (Å²) in [6, 6.07) is 8.91. The molecule has 0 amide bonds. The highest BCUT2D eigenvalue weighted by molar-refractivity contribution is 5.87. The highest BCUT2D eigenvalue weighted by atomic mass is 16.8. The number of esters is 1. The lowest BCUT2D eigenvalue weighted by atomic mass is 9.96. The predicted molar refractivity (Wildman–Crippen MR) is 190 cm³/mol. The van der Waals surface area contributed by atoms with Crippen LogP contribution in [-0.2, 0) is 44.4 Å². The Morgan fingerprint density at radius 1 is 0.702 bits per heavy atom. The van der Waals surface area contributed by atoms with E-state index in [0.29, 0.717) is 11.1 Å². The van der Waals surface area contributed by atoms with Crippen LogP contribution in [0.1, 0.15) is 18.1 Å². The van der Waals surface area contributed by atoms with Crippen molar-refractivity contribution in [1.29, 1.82) is 0 Å². The molecular formula is C37H50O20. The molecule has 2 aromatic carbocycles. The smallest absolute Gasteiger partial charge is 0.331 e. The summed E-state index contributed by atoms with van der Waals surface area (Å²) in [5.74, 6) is -0.951. The van der Waals surface area contributed by atoms with Crippen molar-refractivity contribution in [2.75, 3.05) is 34.0 Å². The van der Waals surface area contributed by atoms with Crippen molar-refractivity contribution in [3.8, 4) is 23.0 Å². The van der Waals surface area contributed by atoms with Crippen LogP contribution in [0, 0.1) is 0 Å². The quantitative estimate of drug-likeness (QED) is 0.0652. The molecule has 0 unspecified atom stereocenters.